The summed E-state index contributed by atoms with van der Waals surface area (Å²) in [5, 5.41) is 3.25. The number of nitrogen functional groups attached to an aromatic ring is 1. The fourth-order valence-corrected chi connectivity index (χ4v) is 5.63. The minimum atomic E-state index is -0.554. The molecule has 45 heavy (non-hydrogen) atoms. The number of nitrogens with one attached hydrogen (secondary N) is 1. The van der Waals surface area contributed by atoms with Gasteiger partial charge in [-0.15, -0.1) is 0 Å². The molecule has 1 aromatic carbocycles. The van der Waals surface area contributed by atoms with Crippen molar-refractivity contribution >= 4 is 34.8 Å². The Morgan fingerprint density at radius 1 is 1.00 bits per heavy atom. The van der Waals surface area contributed by atoms with Crippen LogP contribution in [0.2, 0.25) is 5.02 Å². The van der Waals surface area contributed by atoms with E-state index in [1.807, 2.05) is 18.2 Å². The average Bonchev–Trinajstić information content (AvgIpc) is 3.28. The molecule has 4 aromatic heterocycles. The summed E-state index contributed by atoms with van der Waals surface area (Å²) in [7, 11) is 3.46. The molecule has 5 aromatic rings. The summed E-state index contributed by atoms with van der Waals surface area (Å²) in [5.74, 6) is 0.526. The predicted molar refractivity (Wildman–Crippen MR) is 174 cm³/mol. The van der Waals surface area contributed by atoms with E-state index in [0.29, 0.717) is 44.9 Å². The molecule has 0 saturated carbocycles. The summed E-state index contributed by atoms with van der Waals surface area (Å²) in [6, 6.07) is 16.0. The molecule has 1 aliphatic heterocycles. The maximum Gasteiger partial charge on any atom is 0.284 e. The summed E-state index contributed by atoms with van der Waals surface area (Å²) < 4.78 is 8.51. The second-order valence-corrected chi connectivity index (χ2v) is 11.2. The standard InChI is InChI=1S/C32H32ClN9O3/c1-19-28(32(44)42(40(19)2)22-7-4-6-20(33)16-22)31(43)37-21-10-11-25(35-17-21)29-30(34)36-18-26(39-29)24-8-5-9-27(38-24)41-14-12-23(45-3)13-15-41/h4-11,16-18,23H,12-15H2,1-3H3,(H2,34,36)(H,37,43). The first kappa shape index (κ1) is 30.0. The van der Waals surface area contributed by atoms with Crippen molar-refractivity contribution in [2.24, 2.45) is 7.05 Å². The largest absolute Gasteiger partial charge is 0.382 e. The number of carbonyl (C=O) groups is 1. The topological polar surface area (TPSA) is 146 Å². The van der Waals surface area contributed by atoms with Gasteiger partial charge in [0.05, 0.1) is 47.0 Å². The number of anilines is 3. The van der Waals surface area contributed by atoms with Crippen molar-refractivity contribution in [2.45, 2.75) is 25.9 Å². The van der Waals surface area contributed by atoms with Crippen molar-refractivity contribution in [3.63, 3.8) is 0 Å². The highest BCUT2D eigenvalue weighted by Gasteiger charge is 2.23. The summed E-state index contributed by atoms with van der Waals surface area (Å²) in [4.78, 5) is 47.2. The number of ether oxygens (including phenoxy) is 1. The van der Waals surface area contributed by atoms with E-state index in [0.717, 1.165) is 31.7 Å². The molecule has 0 unspecified atom stereocenters. The molecule has 0 bridgehead atoms. The third kappa shape index (κ3) is 6.02. The Hall–Kier alpha value is -5.07. The lowest BCUT2D eigenvalue weighted by Gasteiger charge is -2.32. The van der Waals surface area contributed by atoms with Gasteiger partial charge in [0.1, 0.15) is 22.8 Å². The Balaban J connectivity index is 1.21. The monoisotopic (exact) mass is 625 g/mol. The number of rotatable bonds is 7. The van der Waals surface area contributed by atoms with E-state index in [1.165, 1.54) is 10.9 Å². The first-order valence-corrected chi connectivity index (χ1v) is 14.8. The van der Waals surface area contributed by atoms with Crippen LogP contribution in [0.25, 0.3) is 28.5 Å². The third-order valence-electron chi connectivity index (χ3n) is 7.99. The molecule has 5 heterocycles. The Kier molecular flexibility index (Phi) is 8.33. The van der Waals surface area contributed by atoms with E-state index >= 15 is 0 Å². The molecule has 0 atom stereocenters. The molecule has 3 N–H and O–H groups in total. The number of nitrogens with zero attached hydrogens (tertiary/aromatic N) is 7. The van der Waals surface area contributed by atoms with Crippen LogP contribution in [-0.2, 0) is 11.8 Å². The molecule has 0 radical (unpaired) electrons. The number of piperidine rings is 1. The number of halogens is 1. The van der Waals surface area contributed by atoms with Crippen molar-refractivity contribution in [1.29, 1.82) is 0 Å². The number of methoxy groups -OCH3 is 1. The predicted octanol–water partition coefficient (Wildman–Crippen LogP) is 4.50. The molecule has 1 amide bonds. The van der Waals surface area contributed by atoms with E-state index in [2.05, 4.69) is 20.2 Å². The van der Waals surface area contributed by atoms with Gasteiger partial charge >= 0.3 is 0 Å². The highest BCUT2D eigenvalue weighted by Crippen LogP contribution is 2.27. The van der Waals surface area contributed by atoms with Crippen LogP contribution in [0.5, 0.6) is 0 Å². The van der Waals surface area contributed by atoms with Crippen LogP contribution in [0.4, 0.5) is 17.3 Å². The van der Waals surface area contributed by atoms with Crippen LogP contribution in [0.1, 0.15) is 28.9 Å². The van der Waals surface area contributed by atoms with Crippen LogP contribution in [0.15, 0.2) is 71.8 Å². The molecule has 12 nitrogen and oxygen atoms in total. The number of aromatic nitrogens is 6. The number of benzene rings is 1. The maximum absolute atomic E-state index is 13.3. The Morgan fingerprint density at radius 2 is 1.78 bits per heavy atom. The second-order valence-electron chi connectivity index (χ2n) is 10.8. The highest BCUT2D eigenvalue weighted by molar-refractivity contribution is 6.30. The van der Waals surface area contributed by atoms with Crippen molar-refractivity contribution < 1.29 is 9.53 Å². The van der Waals surface area contributed by atoms with Crippen molar-refractivity contribution in [3.05, 3.63) is 93.6 Å². The van der Waals surface area contributed by atoms with Gasteiger partial charge in [-0.3, -0.25) is 19.3 Å². The summed E-state index contributed by atoms with van der Waals surface area (Å²) >= 11 is 6.13. The minimum absolute atomic E-state index is 0.0159. The van der Waals surface area contributed by atoms with Crippen LogP contribution >= 0.6 is 11.6 Å². The quantitative estimate of drug-likeness (QED) is 0.267. The smallest absolute Gasteiger partial charge is 0.284 e. The zero-order chi connectivity index (χ0) is 31.7. The number of nitrogens with two attached hydrogens (primary N) is 1. The maximum atomic E-state index is 13.3. The first-order valence-electron chi connectivity index (χ1n) is 14.4. The van der Waals surface area contributed by atoms with E-state index in [1.54, 1.807) is 68.4 Å². The van der Waals surface area contributed by atoms with Crippen molar-refractivity contribution in [1.82, 2.24) is 29.3 Å². The third-order valence-corrected chi connectivity index (χ3v) is 8.23. The van der Waals surface area contributed by atoms with Gasteiger partial charge < -0.3 is 20.7 Å². The summed E-state index contributed by atoms with van der Waals surface area (Å²) in [6.07, 6.45) is 5.25. The summed E-state index contributed by atoms with van der Waals surface area (Å²) in [5.41, 5.74) is 9.29. The number of amides is 1. The molecular weight excluding hydrogens is 594 g/mol. The Bertz CT molecular complexity index is 1930. The van der Waals surface area contributed by atoms with E-state index in [9.17, 15) is 9.59 Å². The lowest BCUT2D eigenvalue weighted by molar-refractivity contribution is 0.0818. The molecule has 13 heteroatoms. The van der Waals surface area contributed by atoms with Crippen LogP contribution in [0, 0.1) is 6.92 Å². The van der Waals surface area contributed by atoms with Gasteiger partial charge in [0.2, 0.25) is 0 Å². The van der Waals surface area contributed by atoms with E-state index < -0.39 is 11.5 Å². The van der Waals surface area contributed by atoms with Crippen molar-refractivity contribution in [2.75, 3.05) is 36.1 Å². The number of hydrogen-bond acceptors (Lipinski definition) is 9. The van der Waals surface area contributed by atoms with Gasteiger partial charge in [0.15, 0.2) is 5.82 Å². The zero-order valence-corrected chi connectivity index (χ0v) is 25.8. The second kappa shape index (κ2) is 12.5. The molecular formula is C32H32ClN9O3. The van der Waals surface area contributed by atoms with Gasteiger partial charge in [0.25, 0.3) is 11.5 Å². The van der Waals surface area contributed by atoms with E-state index in [4.69, 9.17) is 32.0 Å². The summed E-state index contributed by atoms with van der Waals surface area (Å²) in [6.45, 7) is 3.44. The van der Waals surface area contributed by atoms with Gasteiger partial charge in [-0.05, 0) is 62.2 Å². The molecule has 0 spiro atoms. The fraction of sp³-hybridized carbons (Fsp3) is 0.250. The van der Waals surface area contributed by atoms with Gasteiger partial charge in [-0.1, -0.05) is 23.7 Å². The number of carbonyl (C=O) groups excluding carboxylic acids is 1. The lowest BCUT2D eigenvalue weighted by atomic mass is 10.1. The molecule has 1 aliphatic rings. The lowest BCUT2D eigenvalue weighted by Crippen LogP contribution is -2.37. The number of hydrogen-bond donors (Lipinski definition) is 2. The van der Waals surface area contributed by atoms with Gasteiger partial charge in [-0.25, -0.2) is 19.6 Å². The first-order chi connectivity index (χ1) is 21.7. The molecule has 230 valence electrons. The molecule has 6 rings (SSSR count). The molecule has 0 aliphatic carbocycles. The molecule has 1 saturated heterocycles. The van der Waals surface area contributed by atoms with Gasteiger partial charge in [0, 0.05) is 32.3 Å². The SMILES string of the molecule is COC1CCN(c2cccc(-c3cnc(N)c(-c4ccc(NC(=O)c5c(C)n(C)n(-c6cccc(Cl)c6)c5=O)cn4)n3)n2)CC1. The Morgan fingerprint density at radius 3 is 2.49 bits per heavy atom. The van der Waals surface area contributed by atoms with Crippen molar-refractivity contribution in [3.8, 4) is 28.5 Å². The van der Waals surface area contributed by atoms with Crippen LogP contribution in [-0.4, -0.2) is 61.5 Å². The fourth-order valence-electron chi connectivity index (χ4n) is 5.44. The average molecular weight is 626 g/mol. The van der Waals surface area contributed by atoms with Crippen LogP contribution < -0.4 is 21.5 Å². The highest BCUT2D eigenvalue weighted by atomic mass is 35.5. The van der Waals surface area contributed by atoms with E-state index in [-0.39, 0.29) is 17.5 Å². The molecule has 1 fully saturated rings. The van der Waals surface area contributed by atoms with Crippen LogP contribution in [0.3, 0.4) is 0 Å². The Labute approximate surface area is 264 Å². The minimum Gasteiger partial charge on any atom is -0.382 e. The zero-order valence-electron chi connectivity index (χ0n) is 25.1. The number of pyridine rings is 2. The normalized spacial score (nSPS) is 13.6. The van der Waals surface area contributed by atoms with Gasteiger partial charge in [-0.2, -0.15) is 0 Å².